The van der Waals surface area contributed by atoms with Gasteiger partial charge in [-0.05, 0) is 25.2 Å². The second-order valence-electron chi connectivity index (χ2n) is 4.65. The second-order valence-corrected chi connectivity index (χ2v) is 5.57. The highest BCUT2D eigenvalue weighted by Gasteiger charge is 2.19. The van der Waals surface area contributed by atoms with E-state index in [-0.39, 0.29) is 12.5 Å². The molecule has 2 N–H and O–H groups in total. The number of benzene rings is 1. The van der Waals surface area contributed by atoms with Gasteiger partial charge in [0.2, 0.25) is 0 Å². The second kappa shape index (κ2) is 6.25. The first-order chi connectivity index (χ1) is 9.06. The van der Waals surface area contributed by atoms with Crippen LogP contribution in [0.4, 0.5) is 5.69 Å². The van der Waals surface area contributed by atoms with Crippen molar-refractivity contribution in [1.29, 1.82) is 0 Å². The molecule has 5 nitrogen and oxygen atoms in total. The van der Waals surface area contributed by atoms with Crippen LogP contribution in [0.3, 0.4) is 0 Å². The number of piperazine rings is 1. The highest BCUT2D eigenvalue weighted by atomic mass is 79.9. The molecule has 19 heavy (non-hydrogen) atoms. The molecule has 1 aliphatic heterocycles. The van der Waals surface area contributed by atoms with E-state index in [1.165, 1.54) is 0 Å². The molecule has 0 atom stereocenters. The molecule has 1 amide bonds. The molecule has 0 radical (unpaired) electrons. The van der Waals surface area contributed by atoms with Crippen molar-refractivity contribution < 1.29 is 9.53 Å². The molecule has 1 heterocycles. The number of hydrogen-bond donors (Lipinski definition) is 1. The molecule has 1 aromatic rings. The first kappa shape index (κ1) is 14.1. The lowest BCUT2D eigenvalue weighted by molar-refractivity contribution is -0.134. The maximum atomic E-state index is 12.0. The Kier molecular flexibility index (Phi) is 4.66. The van der Waals surface area contributed by atoms with Gasteiger partial charge < -0.3 is 20.3 Å². The molecule has 2 rings (SSSR count). The van der Waals surface area contributed by atoms with E-state index in [0.717, 1.165) is 30.7 Å². The van der Waals surface area contributed by atoms with Crippen LogP contribution in [0.5, 0.6) is 5.75 Å². The van der Waals surface area contributed by atoms with E-state index in [2.05, 4.69) is 27.9 Å². The van der Waals surface area contributed by atoms with Crippen LogP contribution in [0.25, 0.3) is 0 Å². The van der Waals surface area contributed by atoms with Gasteiger partial charge in [-0.25, -0.2) is 0 Å². The molecule has 0 saturated carbocycles. The number of rotatable bonds is 3. The average Bonchev–Trinajstić information content (AvgIpc) is 2.38. The normalized spacial score (nSPS) is 16.4. The van der Waals surface area contributed by atoms with Crippen LogP contribution in [0.15, 0.2) is 22.7 Å². The van der Waals surface area contributed by atoms with Crippen LogP contribution in [0, 0.1) is 0 Å². The number of nitrogens with zero attached hydrogens (tertiary/aromatic N) is 2. The Morgan fingerprint density at radius 2 is 2.05 bits per heavy atom. The number of ether oxygens (including phenoxy) is 1. The molecule has 1 aliphatic rings. The van der Waals surface area contributed by atoms with Crippen LogP contribution in [-0.2, 0) is 4.79 Å². The molecule has 1 saturated heterocycles. The summed E-state index contributed by atoms with van der Waals surface area (Å²) >= 11 is 3.33. The quantitative estimate of drug-likeness (QED) is 0.847. The van der Waals surface area contributed by atoms with E-state index in [1.54, 1.807) is 12.1 Å². The van der Waals surface area contributed by atoms with E-state index in [4.69, 9.17) is 10.5 Å². The number of halogens is 1. The molecule has 0 bridgehead atoms. The van der Waals surface area contributed by atoms with Gasteiger partial charge in [0.05, 0.1) is 5.69 Å². The Morgan fingerprint density at radius 3 is 2.68 bits per heavy atom. The fourth-order valence-corrected chi connectivity index (χ4v) is 2.32. The van der Waals surface area contributed by atoms with Gasteiger partial charge in [0, 0.05) is 30.7 Å². The first-order valence-electron chi connectivity index (χ1n) is 6.20. The average molecular weight is 328 g/mol. The Hall–Kier alpha value is -1.27. The minimum atomic E-state index is 0.00965. The van der Waals surface area contributed by atoms with Crippen molar-refractivity contribution in [1.82, 2.24) is 9.80 Å². The van der Waals surface area contributed by atoms with Gasteiger partial charge in [-0.1, -0.05) is 15.9 Å². The molecule has 6 heteroatoms. The predicted octanol–water partition coefficient (Wildman–Crippen LogP) is 1.18. The Labute approximate surface area is 121 Å². The highest BCUT2D eigenvalue weighted by molar-refractivity contribution is 9.10. The van der Waals surface area contributed by atoms with Crippen molar-refractivity contribution in [3.8, 4) is 5.75 Å². The SMILES string of the molecule is CN1CCN(C(=O)COc2ccc(Br)cc2N)CC1. The largest absolute Gasteiger partial charge is 0.482 e. The summed E-state index contributed by atoms with van der Waals surface area (Å²) in [6, 6.07) is 5.36. The fourth-order valence-electron chi connectivity index (χ4n) is 1.94. The van der Waals surface area contributed by atoms with Crippen molar-refractivity contribution in [3.63, 3.8) is 0 Å². The standard InChI is InChI=1S/C13H18BrN3O2/c1-16-4-6-17(7-5-16)13(18)9-19-12-3-2-10(14)8-11(12)15/h2-3,8H,4-7,9,15H2,1H3. The predicted molar refractivity (Wildman–Crippen MR) is 78.1 cm³/mol. The summed E-state index contributed by atoms with van der Waals surface area (Å²) in [6.45, 7) is 3.37. The molecular weight excluding hydrogens is 310 g/mol. The van der Waals surface area contributed by atoms with Crippen molar-refractivity contribution in [3.05, 3.63) is 22.7 Å². The van der Waals surface area contributed by atoms with E-state index < -0.39 is 0 Å². The number of carbonyl (C=O) groups is 1. The van der Waals surface area contributed by atoms with Crippen molar-refractivity contribution in [2.24, 2.45) is 0 Å². The molecule has 1 aromatic carbocycles. The van der Waals surface area contributed by atoms with Crippen molar-refractivity contribution in [2.75, 3.05) is 45.6 Å². The number of likely N-dealkylation sites (N-methyl/N-ethyl adjacent to an activating group) is 1. The summed E-state index contributed by atoms with van der Waals surface area (Å²) < 4.78 is 6.37. The lowest BCUT2D eigenvalue weighted by atomic mass is 10.3. The van der Waals surface area contributed by atoms with Gasteiger partial charge in [0.1, 0.15) is 5.75 Å². The van der Waals surface area contributed by atoms with Crippen molar-refractivity contribution >= 4 is 27.5 Å². The summed E-state index contributed by atoms with van der Waals surface area (Å²) in [4.78, 5) is 16.0. The summed E-state index contributed by atoms with van der Waals surface area (Å²) in [5, 5.41) is 0. The molecule has 0 aromatic heterocycles. The zero-order valence-corrected chi connectivity index (χ0v) is 12.5. The Bertz CT molecular complexity index is 459. The van der Waals surface area contributed by atoms with Gasteiger partial charge in [0.25, 0.3) is 5.91 Å². The topological polar surface area (TPSA) is 58.8 Å². The zero-order chi connectivity index (χ0) is 13.8. The summed E-state index contributed by atoms with van der Waals surface area (Å²) in [7, 11) is 2.06. The minimum Gasteiger partial charge on any atom is -0.482 e. The number of carbonyl (C=O) groups excluding carboxylic acids is 1. The number of hydrogen-bond acceptors (Lipinski definition) is 4. The van der Waals surface area contributed by atoms with Gasteiger partial charge in [-0.15, -0.1) is 0 Å². The van der Waals surface area contributed by atoms with Crippen LogP contribution < -0.4 is 10.5 Å². The molecular formula is C13H18BrN3O2. The van der Waals surface area contributed by atoms with Gasteiger partial charge in [-0.2, -0.15) is 0 Å². The van der Waals surface area contributed by atoms with Gasteiger partial charge in [0.15, 0.2) is 6.61 Å². The molecule has 0 aliphatic carbocycles. The third-order valence-electron chi connectivity index (χ3n) is 3.18. The van der Waals surface area contributed by atoms with Crippen LogP contribution in [0.2, 0.25) is 0 Å². The third kappa shape index (κ3) is 3.84. The van der Waals surface area contributed by atoms with E-state index >= 15 is 0 Å². The van der Waals surface area contributed by atoms with Crippen LogP contribution >= 0.6 is 15.9 Å². The molecule has 0 spiro atoms. The van der Waals surface area contributed by atoms with Gasteiger partial charge in [-0.3, -0.25) is 4.79 Å². The number of anilines is 1. The lowest BCUT2D eigenvalue weighted by Crippen LogP contribution is -2.48. The fraction of sp³-hybridized carbons (Fsp3) is 0.462. The third-order valence-corrected chi connectivity index (χ3v) is 3.67. The van der Waals surface area contributed by atoms with Gasteiger partial charge >= 0.3 is 0 Å². The maximum Gasteiger partial charge on any atom is 0.260 e. The zero-order valence-electron chi connectivity index (χ0n) is 10.9. The van der Waals surface area contributed by atoms with E-state index in [0.29, 0.717) is 11.4 Å². The molecule has 0 unspecified atom stereocenters. The van der Waals surface area contributed by atoms with Crippen LogP contribution in [0.1, 0.15) is 0 Å². The summed E-state index contributed by atoms with van der Waals surface area (Å²) in [6.07, 6.45) is 0. The van der Waals surface area contributed by atoms with Crippen molar-refractivity contribution in [2.45, 2.75) is 0 Å². The van der Waals surface area contributed by atoms with Crippen LogP contribution in [-0.4, -0.2) is 55.5 Å². The van der Waals surface area contributed by atoms with E-state index in [1.807, 2.05) is 11.0 Å². The molecule has 104 valence electrons. The minimum absolute atomic E-state index is 0.00965. The monoisotopic (exact) mass is 327 g/mol. The first-order valence-corrected chi connectivity index (χ1v) is 6.99. The maximum absolute atomic E-state index is 12.0. The molecule has 1 fully saturated rings. The Balaban J connectivity index is 1.86. The number of amides is 1. The Morgan fingerprint density at radius 1 is 1.37 bits per heavy atom. The number of nitrogens with two attached hydrogens (primary N) is 1. The lowest BCUT2D eigenvalue weighted by Gasteiger charge is -2.32. The number of nitrogen functional groups attached to an aromatic ring is 1. The van der Waals surface area contributed by atoms with E-state index in [9.17, 15) is 4.79 Å². The highest BCUT2D eigenvalue weighted by Crippen LogP contribution is 2.25. The summed E-state index contributed by atoms with van der Waals surface area (Å²) in [5.41, 5.74) is 6.35. The smallest absolute Gasteiger partial charge is 0.260 e. The summed E-state index contributed by atoms with van der Waals surface area (Å²) in [5.74, 6) is 0.557.